The van der Waals surface area contributed by atoms with Crippen LogP contribution in [0.15, 0.2) is 36.7 Å². The molecule has 1 aliphatic heterocycles. The van der Waals surface area contributed by atoms with E-state index >= 15 is 0 Å². The van der Waals surface area contributed by atoms with E-state index in [0.717, 1.165) is 37.3 Å². The summed E-state index contributed by atoms with van der Waals surface area (Å²) in [6.07, 6.45) is 2.82. The number of hydrogen-bond acceptors (Lipinski definition) is 4. The SMILES string of the molecule is CC(C=O)(CN1CCn2cnnc2C1)c1ccccc1. The number of fused-ring (bicyclic) bond motifs is 1. The van der Waals surface area contributed by atoms with Gasteiger partial charge in [-0.25, -0.2) is 0 Å². The summed E-state index contributed by atoms with van der Waals surface area (Å²) in [5, 5.41) is 8.05. The standard InChI is InChI=1S/C15H18N4O/c1-15(11-20,13-5-3-2-4-6-13)10-18-7-8-19-12-16-17-14(19)9-18/h2-6,11-12H,7-10H2,1H3. The van der Waals surface area contributed by atoms with Crippen LogP contribution in [0.5, 0.6) is 0 Å². The van der Waals surface area contributed by atoms with E-state index < -0.39 is 5.41 Å². The van der Waals surface area contributed by atoms with Gasteiger partial charge in [-0.05, 0) is 12.5 Å². The number of rotatable bonds is 4. The molecule has 0 radical (unpaired) electrons. The van der Waals surface area contributed by atoms with E-state index in [-0.39, 0.29) is 0 Å². The summed E-state index contributed by atoms with van der Waals surface area (Å²) >= 11 is 0. The summed E-state index contributed by atoms with van der Waals surface area (Å²) in [6, 6.07) is 9.95. The molecule has 5 nitrogen and oxygen atoms in total. The highest BCUT2D eigenvalue weighted by molar-refractivity contribution is 5.68. The van der Waals surface area contributed by atoms with Crippen molar-refractivity contribution in [3.05, 3.63) is 48.0 Å². The van der Waals surface area contributed by atoms with Crippen molar-refractivity contribution in [2.45, 2.75) is 25.4 Å². The van der Waals surface area contributed by atoms with Crippen LogP contribution < -0.4 is 0 Å². The molecule has 0 N–H and O–H groups in total. The van der Waals surface area contributed by atoms with Crippen LogP contribution in [0.2, 0.25) is 0 Å². The highest BCUT2D eigenvalue weighted by atomic mass is 16.1. The van der Waals surface area contributed by atoms with Gasteiger partial charge in [0.25, 0.3) is 0 Å². The molecule has 3 rings (SSSR count). The molecular weight excluding hydrogens is 252 g/mol. The molecule has 2 aromatic rings. The molecule has 1 unspecified atom stereocenters. The monoisotopic (exact) mass is 270 g/mol. The van der Waals surface area contributed by atoms with E-state index in [9.17, 15) is 4.79 Å². The smallest absolute Gasteiger partial charge is 0.147 e. The third-order valence-corrected chi connectivity index (χ3v) is 3.96. The normalized spacial score (nSPS) is 18.2. The van der Waals surface area contributed by atoms with Gasteiger partial charge >= 0.3 is 0 Å². The largest absolute Gasteiger partial charge is 0.315 e. The van der Waals surface area contributed by atoms with E-state index in [4.69, 9.17) is 0 Å². The van der Waals surface area contributed by atoms with Gasteiger partial charge < -0.3 is 9.36 Å². The van der Waals surface area contributed by atoms with Gasteiger partial charge in [-0.15, -0.1) is 10.2 Å². The van der Waals surface area contributed by atoms with Crippen LogP contribution in [0.3, 0.4) is 0 Å². The quantitative estimate of drug-likeness (QED) is 0.785. The highest BCUT2D eigenvalue weighted by Crippen LogP contribution is 2.24. The maximum absolute atomic E-state index is 11.6. The molecule has 0 saturated carbocycles. The van der Waals surface area contributed by atoms with Crippen LogP contribution in [0.4, 0.5) is 0 Å². The second-order valence-electron chi connectivity index (χ2n) is 5.55. The Labute approximate surface area is 118 Å². The minimum atomic E-state index is -0.483. The Bertz CT molecular complexity index is 595. The van der Waals surface area contributed by atoms with E-state index in [2.05, 4.69) is 19.7 Å². The number of nitrogens with zero attached hydrogens (tertiary/aromatic N) is 4. The Morgan fingerprint density at radius 3 is 2.85 bits per heavy atom. The summed E-state index contributed by atoms with van der Waals surface area (Å²) in [5.74, 6) is 0.970. The van der Waals surface area contributed by atoms with Crippen LogP contribution >= 0.6 is 0 Å². The van der Waals surface area contributed by atoms with Crippen molar-refractivity contribution in [2.24, 2.45) is 0 Å². The van der Waals surface area contributed by atoms with E-state index in [1.54, 1.807) is 6.33 Å². The second-order valence-corrected chi connectivity index (χ2v) is 5.55. The zero-order valence-corrected chi connectivity index (χ0v) is 11.6. The Morgan fingerprint density at radius 1 is 1.30 bits per heavy atom. The zero-order valence-electron chi connectivity index (χ0n) is 11.6. The number of hydrogen-bond donors (Lipinski definition) is 0. The van der Waals surface area contributed by atoms with Gasteiger partial charge in [0.05, 0.1) is 12.0 Å². The van der Waals surface area contributed by atoms with E-state index in [0.29, 0.717) is 6.54 Å². The summed E-state index contributed by atoms with van der Waals surface area (Å²) in [5.41, 5.74) is 0.575. The fraction of sp³-hybridized carbons (Fsp3) is 0.400. The van der Waals surface area contributed by atoms with Gasteiger partial charge in [0.15, 0.2) is 0 Å². The fourth-order valence-corrected chi connectivity index (χ4v) is 2.73. The molecule has 1 aromatic carbocycles. The van der Waals surface area contributed by atoms with Crippen LogP contribution in [0.1, 0.15) is 18.3 Å². The Hall–Kier alpha value is -2.01. The Balaban J connectivity index is 1.78. The topological polar surface area (TPSA) is 51.0 Å². The molecule has 0 bridgehead atoms. The molecule has 0 amide bonds. The average Bonchev–Trinajstić information content (AvgIpc) is 2.95. The van der Waals surface area contributed by atoms with Crippen LogP contribution in [0, 0.1) is 0 Å². The van der Waals surface area contributed by atoms with Crippen LogP contribution in [-0.4, -0.2) is 39.0 Å². The molecule has 5 heteroatoms. The molecule has 2 heterocycles. The van der Waals surface area contributed by atoms with Crippen LogP contribution in [0.25, 0.3) is 0 Å². The van der Waals surface area contributed by atoms with Crippen molar-refractivity contribution in [2.75, 3.05) is 13.1 Å². The minimum absolute atomic E-state index is 0.483. The first-order valence-electron chi connectivity index (χ1n) is 6.82. The predicted octanol–water partition coefficient (Wildman–Crippen LogP) is 1.25. The van der Waals surface area contributed by atoms with Crippen molar-refractivity contribution in [1.82, 2.24) is 19.7 Å². The minimum Gasteiger partial charge on any atom is -0.315 e. The summed E-state index contributed by atoms with van der Waals surface area (Å²) in [4.78, 5) is 13.9. The molecule has 0 spiro atoms. The third-order valence-electron chi connectivity index (χ3n) is 3.96. The Morgan fingerprint density at radius 2 is 2.10 bits per heavy atom. The van der Waals surface area contributed by atoms with Crippen LogP contribution in [-0.2, 0) is 23.3 Å². The molecule has 1 atom stereocenters. The number of carbonyl (C=O) groups is 1. The maximum atomic E-state index is 11.6. The lowest BCUT2D eigenvalue weighted by Gasteiger charge is -2.34. The van der Waals surface area contributed by atoms with Gasteiger partial charge in [0, 0.05) is 19.6 Å². The van der Waals surface area contributed by atoms with Crippen molar-refractivity contribution >= 4 is 6.29 Å². The molecule has 0 fully saturated rings. The zero-order chi connectivity index (χ0) is 14.0. The molecule has 20 heavy (non-hydrogen) atoms. The molecule has 0 aliphatic carbocycles. The number of aromatic nitrogens is 3. The third kappa shape index (κ3) is 2.36. The number of carbonyl (C=O) groups excluding carboxylic acids is 1. The molecule has 1 aliphatic rings. The average molecular weight is 270 g/mol. The second kappa shape index (κ2) is 5.17. The van der Waals surface area contributed by atoms with Gasteiger partial charge in [-0.3, -0.25) is 4.90 Å². The first kappa shape index (κ1) is 13.0. The molecular formula is C15H18N4O. The van der Waals surface area contributed by atoms with Gasteiger partial charge in [0.1, 0.15) is 18.4 Å². The van der Waals surface area contributed by atoms with E-state index in [1.165, 1.54) is 0 Å². The summed E-state index contributed by atoms with van der Waals surface area (Å²) in [6.45, 7) is 5.24. The number of aldehydes is 1. The van der Waals surface area contributed by atoms with E-state index in [1.807, 2.05) is 37.3 Å². The first-order valence-corrected chi connectivity index (χ1v) is 6.82. The van der Waals surface area contributed by atoms with Crippen molar-refractivity contribution in [1.29, 1.82) is 0 Å². The molecule has 1 aromatic heterocycles. The summed E-state index contributed by atoms with van der Waals surface area (Å²) in [7, 11) is 0. The Kier molecular flexibility index (Phi) is 3.36. The fourth-order valence-electron chi connectivity index (χ4n) is 2.73. The lowest BCUT2D eigenvalue weighted by Crippen LogP contribution is -2.43. The van der Waals surface area contributed by atoms with Crippen molar-refractivity contribution in [3.8, 4) is 0 Å². The van der Waals surface area contributed by atoms with Gasteiger partial charge in [-0.1, -0.05) is 30.3 Å². The number of benzene rings is 1. The van der Waals surface area contributed by atoms with Crippen molar-refractivity contribution < 1.29 is 4.79 Å². The molecule has 104 valence electrons. The van der Waals surface area contributed by atoms with Crippen molar-refractivity contribution in [3.63, 3.8) is 0 Å². The maximum Gasteiger partial charge on any atom is 0.147 e. The van der Waals surface area contributed by atoms with Gasteiger partial charge in [0.2, 0.25) is 0 Å². The lowest BCUT2D eigenvalue weighted by molar-refractivity contribution is -0.112. The lowest BCUT2D eigenvalue weighted by atomic mass is 9.83. The molecule has 0 saturated heterocycles. The predicted molar refractivity (Wildman–Crippen MR) is 75.2 cm³/mol. The summed E-state index contributed by atoms with van der Waals surface area (Å²) < 4.78 is 2.07. The van der Waals surface area contributed by atoms with Gasteiger partial charge in [-0.2, -0.15) is 0 Å². The highest BCUT2D eigenvalue weighted by Gasteiger charge is 2.30. The first-order chi connectivity index (χ1) is 9.71.